The third kappa shape index (κ3) is 0.671. The standard InChI is InChI=1S/C7H9NO2/c1-5-3-8-6(9)2-7(8)10-4-5/h7H,1-4H2/t7-/m0/s1. The zero-order chi connectivity index (χ0) is 7.14. The van der Waals surface area contributed by atoms with E-state index in [1.807, 2.05) is 0 Å². The van der Waals surface area contributed by atoms with E-state index in [1.165, 1.54) is 0 Å². The molecule has 3 nitrogen and oxygen atoms in total. The lowest BCUT2D eigenvalue weighted by Crippen LogP contribution is -2.57. The van der Waals surface area contributed by atoms with Gasteiger partial charge in [0.05, 0.1) is 13.0 Å². The fourth-order valence-electron chi connectivity index (χ4n) is 1.26. The quantitative estimate of drug-likeness (QED) is 0.352. The Labute approximate surface area is 59.3 Å². The topological polar surface area (TPSA) is 29.5 Å². The van der Waals surface area contributed by atoms with Crippen molar-refractivity contribution in [1.29, 1.82) is 0 Å². The molecule has 2 rings (SSSR count). The highest BCUT2D eigenvalue weighted by molar-refractivity contribution is 5.83. The first-order valence-corrected chi connectivity index (χ1v) is 3.35. The van der Waals surface area contributed by atoms with E-state index >= 15 is 0 Å². The van der Waals surface area contributed by atoms with Crippen molar-refractivity contribution < 1.29 is 9.53 Å². The number of rotatable bonds is 0. The van der Waals surface area contributed by atoms with Gasteiger partial charge in [-0.1, -0.05) is 6.58 Å². The lowest BCUT2D eigenvalue weighted by molar-refractivity contribution is -0.178. The molecular weight excluding hydrogens is 130 g/mol. The van der Waals surface area contributed by atoms with Gasteiger partial charge in [0.2, 0.25) is 5.91 Å². The summed E-state index contributed by atoms with van der Waals surface area (Å²) in [4.78, 5) is 12.5. The summed E-state index contributed by atoms with van der Waals surface area (Å²) in [5.74, 6) is 0.186. The molecule has 2 heterocycles. The molecule has 0 spiro atoms. The van der Waals surface area contributed by atoms with Crippen LogP contribution in [0.25, 0.3) is 0 Å². The van der Waals surface area contributed by atoms with Crippen molar-refractivity contribution in [1.82, 2.24) is 4.90 Å². The maximum Gasteiger partial charge on any atom is 0.229 e. The maximum absolute atomic E-state index is 10.8. The highest BCUT2D eigenvalue weighted by Crippen LogP contribution is 2.25. The fourth-order valence-corrected chi connectivity index (χ4v) is 1.26. The van der Waals surface area contributed by atoms with Crippen LogP contribution < -0.4 is 0 Å². The van der Waals surface area contributed by atoms with Crippen molar-refractivity contribution >= 4 is 5.91 Å². The Morgan fingerprint density at radius 1 is 1.70 bits per heavy atom. The predicted molar refractivity (Wildman–Crippen MR) is 35.2 cm³/mol. The molecule has 0 bridgehead atoms. The molecule has 2 fully saturated rings. The monoisotopic (exact) mass is 139 g/mol. The van der Waals surface area contributed by atoms with Crippen LogP contribution in [0.2, 0.25) is 0 Å². The summed E-state index contributed by atoms with van der Waals surface area (Å²) in [5, 5.41) is 0. The van der Waals surface area contributed by atoms with Crippen LogP contribution in [0, 0.1) is 0 Å². The number of carbonyl (C=O) groups is 1. The predicted octanol–water partition coefficient (Wildman–Crippen LogP) is 0.131. The van der Waals surface area contributed by atoms with Crippen LogP contribution in [0.5, 0.6) is 0 Å². The van der Waals surface area contributed by atoms with Gasteiger partial charge in [-0.3, -0.25) is 4.79 Å². The van der Waals surface area contributed by atoms with Crippen molar-refractivity contribution in [2.24, 2.45) is 0 Å². The molecule has 0 aromatic heterocycles. The Morgan fingerprint density at radius 3 is 3.10 bits per heavy atom. The van der Waals surface area contributed by atoms with Gasteiger partial charge in [-0.15, -0.1) is 0 Å². The molecule has 0 aromatic rings. The second-order valence-electron chi connectivity index (χ2n) is 2.74. The lowest BCUT2D eigenvalue weighted by atomic mass is 10.1. The van der Waals surface area contributed by atoms with Gasteiger partial charge in [0.1, 0.15) is 6.23 Å². The van der Waals surface area contributed by atoms with Gasteiger partial charge in [-0.05, 0) is 5.57 Å². The van der Waals surface area contributed by atoms with E-state index in [2.05, 4.69) is 6.58 Å². The first kappa shape index (κ1) is 5.92. The third-order valence-corrected chi connectivity index (χ3v) is 1.89. The molecule has 0 N–H and O–H groups in total. The van der Waals surface area contributed by atoms with Gasteiger partial charge < -0.3 is 9.64 Å². The summed E-state index contributed by atoms with van der Waals surface area (Å²) < 4.78 is 5.27. The van der Waals surface area contributed by atoms with E-state index in [1.54, 1.807) is 4.90 Å². The van der Waals surface area contributed by atoms with Gasteiger partial charge in [-0.2, -0.15) is 0 Å². The fraction of sp³-hybridized carbons (Fsp3) is 0.571. The smallest absolute Gasteiger partial charge is 0.229 e. The summed E-state index contributed by atoms with van der Waals surface area (Å²) in [6, 6.07) is 0. The van der Waals surface area contributed by atoms with Gasteiger partial charge in [0, 0.05) is 6.54 Å². The van der Waals surface area contributed by atoms with Crippen LogP contribution in [-0.4, -0.2) is 30.2 Å². The van der Waals surface area contributed by atoms with Crippen LogP contribution in [0.4, 0.5) is 0 Å². The summed E-state index contributed by atoms with van der Waals surface area (Å²) in [6.07, 6.45) is 0.630. The van der Waals surface area contributed by atoms with E-state index < -0.39 is 0 Å². The van der Waals surface area contributed by atoms with E-state index in [0.717, 1.165) is 5.57 Å². The molecule has 0 aliphatic carbocycles. The molecule has 1 amide bonds. The summed E-state index contributed by atoms with van der Waals surface area (Å²) in [5.41, 5.74) is 0.990. The van der Waals surface area contributed by atoms with Crippen molar-refractivity contribution in [3.63, 3.8) is 0 Å². The summed E-state index contributed by atoms with van der Waals surface area (Å²) in [7, 11) is 0. The number of β-lactam (4-membered cyclic amide) rings is 1. The Hall–Kier alpha value is -0.830. The number of carbonyl (C=O) groups excluding carboxylic acids is 1. The maximum atomic E-state index is 10.8. The van der Waals surface area contributed by atoms with E-state index in [4.69, 9.17) is 4.74 Å². The van der Waals surface area contributed by atoms with E-state index in [0.29, 0.717) is 19.6 Å². The summed E-state index contributed by atoms with van der Waals surface area (Å²) in [6.45, 7) is 5.07. The van der Waals surface area contributed by atoms with E-state index in [-0.39, 0.29) is 12.1 Å². The zero-order valence-electron chi connectivity index (χ0n) is 5.67. The van der Waals surface area contributed by atoms with Crippen molar-refractivity contribution in [3.05, 3.63) is 12.2 Å². The molecule has 2 saturated heterocycles. The van der Waals surface area contributed by atoms with Crippen molar-refractivity contribution in [2.45, 2.75) is 12.6 Å². The minimum absolute atomic E-state index is 0.0676. The molecule has 3 heteroatoms. The van der Waals surface area contributed by atoms with E-state index in [9.17, 15) is 4.79 Å². The van der Waals surface area contributed by atoms with Crippen molar-refractivity contribution in [3.8, 4) is 0 Å². The lowest BCUT2D eigenvalue weighted by Gasteiger charge is -2.43. The molecule has 54 valence electrons. The number of amides is 1. The van der Waals surface area contributed by atoms with Crippen LogP contribution >= 0.6 is 0 Å². The van der Waals surface area contributed by atoms with Crippen LogP contribution in [-0.2, 0) is 9.53 Å². The Kier molecular flexibility index (Phi) is 1.08. The number of hydrogen-bond donors (Lipinski definition) is 0. The molecule has 0 unspecified atom stereocenters. The molecule has 0 radical (unpaired) electrons. The minimum Gasteiger partial charge on any atom is -0.353 e. The largest absolute Gasteiger partial charge is 0.353 e. The first-order valence-electron chi connectivity index (χ1n) is 3.35. The number of fused-ring (bicyclic) bond motifs is 1. The van der Waals surface area contributed by atoms with Crippen LogP contribution in [0.15, 0.2) is 12.2 Å². The molecule has 2 aliphatic rings. The van der Waals surface area contributed by atoms with Gasteiger partial charge in [0.15, 0.2) is 0 Å². The van der Waals surface area contributed by atoms with Gasteiger partial charge in [-0.25, -0.2) is 0 Å². The van der Waals surface area contributed by atoms with Crippen molar-refractivity contribution in [2.75, 3.05) is 13.2 Å². The normalized spacial score (nSPS) is 31.6. The molecule has 0 aromatic carbocycles. The average molecular weight is 139 g/mol. The van der Waals surface area contributed by atoms with Gasteiger partial charge >= 0.3 is 0 Å². The minimum atomic E-state index is 0.0676. The Balaban J connectivity index is 2.07. The Bertz CT molecular complexity index is 194. The second-order valence-corrected chi connectivity index (χ2v) is 2.74. The van der Waals surface area contributed by atoms with Gasteiger partial charge in [0.25, 0.3) is 0 Å². The molecule has 10 heavy (non-hydrogen) atoms. The highest BCUT2D eigenvalue weighted by atomic mass is 16.5. The van der Waals surface area contributed by atoms with Crippen LogP contribution in [0.1, 0.15) is 6.42 Å². The number of ether oxygens (including phenoxy) is 1. The first-order chi connectivity index (χ1) is 4.77. The molecule has 2 aliphatic heterocycles. The number of nitrogens with zero attached hydrogens (tertiary/aromatic N) is 1. The molecule has 1 atom stereocenters. The zero-order valence-corrected chi connectivity index (χ0v) is 5.67. The Morgan fingerprint density at radius 2 is 2.50 bits per heavy atom. The highest BCUT2D eigenvalue weighted by Gasteiger charge is 2.39. The molecular formula is C7H9NO2. The third-order valence-electron chi connectivity index (χ3n) is 1.89. The SMILES string of the molecule is C=C1CO[C@H]2CC(=O)N2C1. The van der Waals surface area contributed by atoms with Crippen LogP contribution in [0.3, 0.4) is 0 Å². The second kappa shape index (κ2) is 1.83. The average Bonchev–Trinajstić information content (AvgIpc) is 1.92. The number of hydrogen-bond acceptors (Lipinski definition) is 2. The summed E-state index contributed by atoms with van der Waals surface area (Å²) >= 11 is 0. The molecule has 0 saturated carbocycles.